The monoisotopic (exact) mass is 458 g/mol. The van der Waals surface area contributed by atoms with Crippen molar-refractivity contribution in [2.75, 3.05) is 11.9 Å². The molecule has 0 aliphatic carbocycles. The van der Waals surface area contributed by atoms with E-state index in [4.69, 9.17) is 11.6 Å². The molecule has 9 heteroatoms. The summed E-state index contributed by atoms with van der Waals surface area (Å²) in [7, 11) is 0. The summed E-state index contributed by atoms with van der Waals surface area (Å²) in [6.07, 6.45) is -0.207. The van der Waals surface area contributed by atoms with Crippen LogP contribution in [-0.2, 0) is 15.5 Å². The van der Waals surface area contributed by atoms with Crippen molar-refractivity contribution in [3.63, 3.8) is 0 Å². The Morgan fingerprint density at radius 3 is 2.72 bits per heavy atom. The van der Waals surface area contributed by atoms with E-state index in [0.29, 0.717) is 22.0 Å². The van der Waals surface area contributed by atoms with E-state index in [-0.39, 0.29) is 42.6 Å². The average Bonchev–Trinajstić information content (AvgIpc) is 3.40. The fourth-order valence-electron chi connectivity index (χ4n) is 3.58. The molecule has 1 fully saturated rings. The number of amides is 2. The minimum Gasteiger partial charge on any atom is -0.355 e. The number of rotatable bonds is 6. The lowest BCUT2D eigenvalue weighted by molar-refractivity contribution is -0.123. The van der Waals surface area contributed by atoms with Gasteiger partial charge in [0, 0.05) is 41.6 Å². The van der Waals surface area contributed by atoms with Crippen molar-refractivity contribution in [3.8, 4) is 16.9 Å². The molecule has 1 atom stereocenters. The summed E-state index contributed by atoms with van der Waals surface area (Å²) in [5.74, 6) is -3.72. The van der Waals surface area contributed by atoms with Crippen molar-refractivity contribution < 1.29 is 18.4 Å². The fourth-order valence-corrected chi connectivity index (χ4v) is 3.77. The molecule has 0 radical (unpaired) electrons. The first kappa shape index (κ1) is 22.0. The summed E-state index contributed by atoms with van der Waals surface area (Å²) < 4.78 is 30.2. The number of aromatic nitrogens is 2. The number of anilines is 1. The van der Waals surface area contributed by atoms with Gasteiger partial charge in [0.05, 0.1) is 17.3 Å². The van der Waals surface area contributed by atoms with Crippen LogP contribution in [0, 0.1) is 5.92 Å². The molecular formula is C23H21ClF2N4O2. The van der Waals surface area contributed by atoms with Crippen molar-refractivity contribution in [1.29, 1.82) is 0 Å². The Balaban J connectivity index is 1.75. The van der Waals surface area contributed by atoms with Crippen LogP contribution < -0.4 is 10.6 Å². The summed E-state index contributed by atoms with van der Waals surface area (Å²) in [6.45, 7) is 1.69. The smallest absolute Gasteiger partial charge is 0.273 e. The SMILES string of the molecule is CCC(F)(F)c1cccc(-c2cc(NC(=O)[C@H]3CNC(=O)C3)nn2-c2cccc(Cl)c2)c1. The maximum Gasteiger partial charge on any atom is 0.273 e. The van der Waals surface area contributed by atoms with Crippen LogP contribution in [-0.4, -0.2) is 28.1 Å². The van der Waals surface area contributed by atoms with Gasteiger partial charge in [0.15, 0.2) is 5.82 Å². The van der Waals surface area contributed by atoms with Gasteiger partial charge in [-0.15, -0.1) is 5.10 Å². The highest BCUT2D eigenvalue weighted by atomic mass is 35.5. The molecule has 2 heterocycles. The van der Waals surface area contributed by atoms with Gasteiger partial charge in [0.25, 0.3) is 5.92 Å². The number of benzene rings is 2. The number of hydrogen-bond acceptors (Lipinski definition) is 3. The van der Waals surface area contributed by atoms with Crippen LogP contribution in [0.4, 0.5) is 14.6 Å². The molecule has 0 bridgehead atoms. The Kier molecular flexibility index (Phi) is 5.97. The van der Waals surface area contributed by atoms with Crippen molar-refractivity contribution in [2.24, 2.45) is 5.92 Å². The van der Waals surface area contributed by atoms with Gasteiger partial charge in [-0.3, -0.25) is 9.59 Å². The van der Waals surface area contributed by atoms with Crippen LogP contribution in [0.25, 0.3) is 16.9 Å². The summed E-state index contributed by atoms with van der Waals surface area (Å²) >= 11 is 6.14. The first-order valence-corrected chi connectivity index (χ1v) is 10.6. The first-order valence-electron chi connectivity index (χ1n) is 10.2. The van der Waals surface area contributed by atoms with Crippen LogP contribution in [0.1, 0.15) is 25.3 Å². The molecule has 166 valence electrons. The number of hydrogen-bond donors (Lipinski definition) is 2. The number of nitrogens with one attached hydrogen (secondary N) is 2. The molecule has 1 aromatic heterocycles. The van der Waals surface area contributed by atoms with E-state index in [9.17, 15) is 18.4 Å². The molecule has 3 aromatic rings. The molecule has 1 saturated heterocycles. The third-order valence-electron chi connectivity index (χ3n) is 5.39. The van der Waals surface area contributed by atoms with Crippen LogP contribution in [0.15, 0.2) is 54.6 Å². The maximum absolute atomic E-state index is 14.3. The molecule has 0 unspecified atom stereocenters. The summed E-state index contributed by atoms with van der Waals surface area (Å²) in [5.41, 5.74) is 1.54. The molecule has 1 aliphatic rings. The molecule has 0 spiro atoms. The standard InChI is InChI=1S/C23H21ClF2N4O2/c1-2-23(25,26)16-6-3-5-14(9-16)19-12-20(28-22(32)15-10-21(31)27-13-15)29-30(19)18-8-4-7-17(24)11-18/h3-9,11-12,15H,2,10,13H2,1H3,(H,27,31)(H,28,29,32)/t15-/m1/s1. The van der Waals surface area contributed by atoms with E-state index >= 15 is 0 Å². The number of alkyl halides is 2. The molecule has 6 nitrogen and oxygen atoms in total. The van der Waals surface area contributed by atoms with Crippen molar-refractivity contribution in [2.45, 2.75) is 25.7 Å². The lowest BCUT2D eigenvalue weighted by Crippen LogP contribution is -2.24. The summed E-state index contributed by atoms with van der Waals surface area (Å²) in [4.78, 5) is 24.0. The van der Waals surface area contributed by atoms with Gasteiger partial charge in [-0.1, -0.05) is 42.8 Å². The fraction of sp³-hybridized carbons (Fsp3) is 0.261. The second-order valence-electron chi connectivity index (χ2n) is 7.64. The Bertz CT molecular complexity index is 1180. The van der Waals surface area contributed by atoms with Gasteiger partial charge in [-0.25, -0.2) is 13.5 Å². The zero-order valence-corrected chi connectivity index (χ0v) is 18.0. The second kappa shape index (κ2) is 8.70. The quantitative estimate of drug-likeness (QED) is 0.558. The number of nitrogens with zero attached hydrogens (tertiary/aromatic N) is 2. The van der Waals surface area contributed by atoms with E-state index in [0.717, 1.165) is 0 Å². The van der Waals surface area contributed by atoms with E-state index < -0.39 is 11.8 Å². The molecule has 2 aromatic carbocycles. The van der Waals surface area contributed by atoms with Crippen LogP contribution >= 0.6 is 11.6 Å². The van der Waals surface area contributed by atoms with Gasteiger partial charge >= 0.3 is 0 Å². The average molecular weight is 459 g/mol. The highest BCUT2D eigenvalue weighted by Crippen LogP contribution is 2.35. The zero-order valence-electron chi connectivity index (χ0n) is 17.2. The zero-order chi connectivity index (χ0) is 22.9. The van der Waals surface area contributed by atoms with Crippen LogP contribution in [0.3, 0.4) is 0 Å². The van der Waals surface area contributed by atoms with E-state index in [2.05, 4.69) is 15.7 Å². The molecule has 1 aliphatic heterocycles. The Hall–Kier alpha value is -3.26. The van der Waals surface area contributed by atoms with Crippen molar-refractivity contribution in [1.82, 2.24) is 15.1 Å². The Labute approximate surface area is 188 Å². The normalized spacial score (nSPS) is 16.1. The number of carbonyl (C=O) groups is 2. The van der Waals surface area contributed by atoms with Gasteiger partial charge in [-0.05, 0) is 24.3 Å². The number of halogens is 3. The highest BCUT2D eigenvalue weighted by molar-refractivity contribution is 6.30. The third kappa shape index (κ3) is 4.50. The topological polar surface area (TPSA) is 76.0 Å². The minimum atomic E-state index is -2.96. The van der Waals surface area contributed by atoms with Gasteiger partial charge in [0.2, 0.25) is 11.8 Å². The summed E-state index contributed by atoms with van der Waals surface area (Å²) in [5, 5.41) is 10.3. The van der Waals surface area contributed by atoms with Crippen LogP contribution in [0.2, 0.25) is 5.02 Å². The first-order chi connectivity index (χ1) is 15.3. The van der Waals surface area contributed by atoms with Gasteiger partial charge in [0.1, 0.15) is 0 Å². The molecule has 2 N–H and O–H groups in total. The molecule has 4 rings (SSSR count). The minimum absolute atomic E-state index is 0.0996. The predicted octanol–water partition coefficient (Wildman–Crippen LogP) is 4.77. The van der Waals surface area contributed by atoms with Crippen LogP contribution in [0.5, 0.6) is 0 Å². The van der Waals surface area contributed by atoms with E-state index in [1.807, 2.05) is 0 Å². The summed E-state index contributed by atoms with van der Waals surface area (Å²) in [6, 6.07) is 14.6. The molecule has 32 heavy (non-hydrogen) atoms. The highest BCUT2D eigenvalue weighted by Gasteiger charge is 2.30. The van der Waals surface area contributed by atoms with E-state index in [1.165, 1.54) is 19.1 Å². The lowest BCUT2D eigenvalue weighted by Gasteiger charge is -2.15. The van der Waals surface area contributed by atoms with Gasteiger partial charge < -0.3 is 10.6 Å². The molecule has 0 saturated carbocycles. The predicted molar refractivity (Wildman–Crippen MR) is 118 cm³/mol. The second-order valence-corrected chi connectivity index (χ2v) is 8.08. The Morgan fingerprint density at radius 1 is 1.25 bits per heavy atom. The number of carbonyl (C=O) groups excluding carboxylic acids is 2. The Morgan fingerprint density at radius 2 is 2.03 bits per heavy atom. The van der Waals surface area contributed by atoms with Gasteiger partial charge in [-0.2, -0.15) is 0 Å². The molecule has 2 amide bonds. The largest absolute Gasteiger partial charge is 0.355 e. The maximum atomic E-state index is 14.3. The third-order valence-corrected chi connectivity index (χ3v) is 5.62. The lowest BCUT2D eigenvalue weighted by atomic mass is 10.0. The van der Waals surface area contributed by atoms with E-state index in [1.54, 1.807) is 47.1 Å². The van der Waals surface area contributed by atoms with Crippen molar-refractivity contribution >= 4 is 29.2 Å². The van der Waals surface area contributed by atoms with Crippen molar-refractivity contribution in [3.05, 3.63) is 65.2 Å². The molecular weight excluding hydrogens is 438 g/mol.